The van der Waals surface area contributed by atoms with Crippen LogP contribution in [0.4, 0.5) is 10.5 Å². The smallest absolute Gasteiger partial charge is 0.321 e. The molecule has 3 aromatic rings. The molecule has 0 spiro atoms. The standard InChI is InChI=1S/C19H21N5OS/c1-23-17(22-16-4-3-10-20-18(16)23)13-9-11-24(12-13)19(25)21-14-5-7-15(26-2)8-6-14/h3-8,10,13H,9,11-12H2,1-2H3,(H,21,25)/t13-/m1/s1. The molecule has 0 aliphatic carbocycles. The summed E-state index contributed by atoms with van der Waals surface area (Å²) in [6.45, 7) is 1.40. The van der Waals surface area contributed by atoms with Gasteiger partial charge in [0.05, 0.1) is 0 Å². The average Bonchev–Trinajstić information content (AvgIpc) is 3.28. The van der Waals surface area contributed by atoms with Crippen LogP contribution in [0.3, 0.4) is 0 Å². The topological polar surface area (TPSA) is 63.1 Å². The molecule has 2 amide bonds. The van der Waals surface area contributed by atoms with Crippen molar-refractivity contribution in [3.05, 3.63) is 48.4 Å². The lowest BCUT2D eigenvalue weighted by Gasteiger charge is -2.17. The van der Waals surface area contributed by atoms with Crippen molar-refractivity contribution in [2.45, 2.75) is 17.2 Å². The van der Waals surface area contributed by atoms with Crippen LogP contribution in [0.15, 0.2) is 47.5 Å². The number of hydrogen-bond donors (Lipinski definition) is 1. The highest BCUT2D eigenvalue weighted by molar-refractivity contribution is 7.98. The maximum Gasteiger partial charge on any atom is 0.321 e. The molecule has 1 fully saturated rings. The van der Waals surface area contributed by atoms with E-state index in [1.165, 1.54) is 4.90 Å². The van der Waals surface area contributed by atoms with Crippen molar-refractivity contribution >= 4 is 34.6 Å². The third kappa shape index (κ3) is 3.14. The Balaban J connectivity index is 1.45. The van der Waals surface area contributed by atoms with Gasteiger partial charge in [-0.15, -0.1) is 11.8 Å². The minimum Gasteiger partial charge on any atom is -0.324 e. The molecule has 0 bridgehead atoms. The molecule has 0 unspecified atom stereocenters. The van der Waals surface area contributed by atoms with Crippen molar-refractivity contribution in [1.82, 2.24) is 19.4 Å². The minimum absolute atomic E-state index is 0.0544. The fourth-order valence-corrected chi connectivity index (χ4v) is 3.85. The van der Waals surface area contributed by atoms with E-state index in [-0.39, 0.29) is 11.9 Å². The largest absolute Gasteiger partial charge is 0.324 e. The molecule has 1 N–H and O–H groups in total. The number of rotatable bonds is 3. The SMILES string of the molecule is CSc1ccc(NC(=O)N2CC[C@@H](c3nc4cccnc4n3C)C2)cc1. The molecule has 1 aliphatic rings. The molecular weight excluding hydrogens is 346 g/mol. The van der Waals surface area contributed by atoms with Gasteiger partial charge in [0.25, 0.3) is 0 Å². The quantitative estimate of drug-likeness (QED) is 0.717. The summed E-state index contributed by atoms with van der Waals surface area (Å²) in [6, 6.07) is 11.7. The van der Waals surface area contributed by atoms with Gasteiger partial charge >= 0.3 is 6.03 Å². The first-order valence-corrected chi connectivity index (χ1v) is 9.85. The number of fused-ring (bicyclic) bond motifs is 1. The number of nitrogens with one attached hydrogen (secondary N) is 1. The zero-order valence-electron chi connectivity index (χ0n) is 14.8. The number of imidazole rings is 1. The summed E-state index contributed by atoms with van der Waals surface area (Å²) >= 11 is 1.69. The maximum absolute atomic E-state index is 12.6. The van der Waals surface area contributed by atoms with E-state index < -0.39 is 0 Å². The Hall–Kier alpha value is -2.54. The van der Waals surface area contributed by atoms with Gasteiger partial charge in [-0.3, -0.25) is 0 Å². The Labute approximate surface area is 156 Å². The van der Waals surface area contributed by atoms with Crippen molar-refractivity contribution in [2.75, 3.05) is 24.7 Å². The first kappa shape index (κ1) is 16.9. The molecule has 0 radical (unpaired) electrons. The number of nitrogens with zero attached hydrogens (tertiary/aromatic N) is 4. The Morgan fingerprint density at radius 3 is 2.81 bits per heavy atom. The first-order chi connectivity index (χ1) is 12.7. The number of urea groups is 1. The van der Waals surface area contributed by atoms with Crippen LogP contribution in [0.25, 0.3) is 11.2 Å². The maximum atomic E-state index is 12.6. The summed E-state index contributed by atoms with van der Waals surface area (Å²) in [5.41, 5.74) is 2.62. The number of likely N-dealkylation sites (tertiary alicyclic amines) is 1. The molecule has 4 rings (SSSR count). The van der Waals surface area contributed by atoms with Crippen LogP contribution in [0.1, 0.15) is 18.2 Å². The highest BCUT2D eigenvalue weighted by Gasteiger charge is 2.30. The fourth-order valence-electron chi connectivity index (χ4n) is 3.44. The van der Waals surface area contributed by atoms with E-state index in [0.717, 1.165) is 35.6 Å². The Kier molecular flexibility index (Phi) is 4.55. The highest BCUT2D eigenvalue weighted by atomic mass is 32.2. The van der Waals surface area contributed by atoms with Crippen molar-refractivity contribution < 1.29 is 4.79 Å². The molecule has 7 heteroatoms. The molecule has 3 heterocycles. The van der Waals surface area contributed by atoms with Gasteiger partial charge in [0.15, 0.2) is 5.65 Å². The van der Waals surface area contributed by atoms with Crippen LogP contribution in [0.2, 0.25) is 0 Å². The zero-order chi connectivity index (χ0) is 18.1. The van der Waals surface area contributed by atoms with Gasteiger partial charge in [-0.25, -0.2) is 14.8 Å². The molecule has 1 saturated heterocycles. The van der Waals surface area contributed by atoms with Crippen LogP contribution in [0, 0.1) is 0 Å². The van der Waals surface area contributed by atoms with E-state index in [2.05, 4.69) is 10.3 Å². The number of hydrogen-bond acceptors (Lipinski definition) is 4. The van der Waals surface area contributed by atoms with Gasteiger partial charge in [-0.05, 0) is 49.1 Å². The molecule has 1 aliphatic heterocycles. The number of aromatic nitrogens is 3. The number of anilines is 1. The molecule has 1 aromatic carbocycles. The van der Waals surface area contributed by atoms with Crippen molar-refractivity contribution in [1.29, 1.82) is 0 Å². The molecule has 134 valence electrons. The summed E-state index contributed by atoms with van der Waals surface area (Å²) in [6.07, 6.45) is 4.73. The number of carbonyl (C=O) groups excluding carboxylic acids is 1. The fraction of sp³-hybridized carbons (Fsp3) is 0.316. The summed E-state index contributed by atoms with van der Waals surface area (Å²) in [4.78, 5) is 24.7. The normalized spacial score (nSPS) is 17.0. The number of amides is 2. The van der Waals surface area contributed by atoms with E-state index in [0.29, 0.717) is 6.54 Å². The monoisotopic (exact) mass is 367 g/mol. The minimum atomic E-state index is -0.0544. The molecule has 26 heavy (non-hydrogen) atoms. The van der Waals surface area contributed by atoms with Crippen LogP contribution >= 0.6 is 11.8 Å². The third-order valence-corrected chi connectivity index (χ3v) is 5.59. The van der Waals surface area contributed by atoms with Crippen LogP contribution < -0.4 is 5.32 Å². The first-order valence-electron chi connectivity index (χ1n) is 8.63. The summed E-state index contributed by atoms with van der Waals surface area (Å²) in [5.74, 6) is 1.23. The van der Waals surface area contributed by atoms with Crippen molar-refractivity contribution in [3.8, 4) is 0 Å². The Bertz CT molecular complexity index is 937. The van der Waals surface area contributed by atoms with Crippen LogP contribution in [-0.2, 0) is 7.05 Å². The number of benzene rings is 1. The second-order valence-electron chi connectivity index (χ2n) is 6.47. The van der Waals surface area contributed by atoms with E-state index in [1.54, 1.807) is 18.0 Å². The van der Waals surface area contributed by atoms with Crippen molar-refractivity contribution in [2.24, 2.45) is 7.05 Å². The summed E-state index contributed by atoms with van der Waals surface area (Å²) in [7, 11) is 1.99. The summed E-state index contributed by atoms with van der Waals surface area (Å²) < 4.78 is 2.04. The van der Waals surface area contributed by atoms with E-state index in [4.69, 9.17) is 4.98 Å². The molecule has 0 saturated carbocycles. The van der Waals surface area contributed by atoms with Crippen LogP contribution in [-0.4, -0.2) is 44.8 Å². The molecule has 1 atom stereocenters. The lowest BCUT2D eigenvalue weighted by molar-refractivity contribution is 0.222. The predicted octanol–water partition coefficient (Wildman–Crippen LogP) is 3.71. The lowest BCUT2D eigenvalue weighted by Crippen LogP contribution is -2.32. The number of aryl methyl sites for hydroxylation is 1. The number of carbonyl (C=O) groups is 1. The van der Waals surface area contributed by atoms with Gasteiger partial charge in [0, 0.05) is 42.8 Å². The van der Waals surface area contributed by atoms with Gasteiger partial charge < -0.3 is 14.8 Å². The van der Waals surface area contributed by atoms with E-state index >= 15 is 0 Å². The van der Waals surface area contributed by atoms with Crippen molar-refractivity contribution in [3.63, 3.8) is 0 Å². The Morgan fingerprint density at radius 2 is 2.08 bits per heavy atom. The van der Waals surface area contributed by atoms with Gasteiger partial charge in [0.2, 0.25) is 0 Å². The second kappa shape index (κ2) is 6.99. The summed E-state index contributed by atoms with van der Waals surface area (Å²) in [5, 5.41) is 2.99. The van der Waals surface area contributed by atoms with Gasteiger partial charge in [0.1, 0.15) is 11.3 Å². The molecule has 6 nitrogen and oxygen atoms in total. The van der Waals surface area contributed by atoms with E-state index in [1.807, 2.05) is 59.2 Å². The lowest BCUT2D eigenvalue weighted by atomic mass is 10.1. The predicted molar refractivity (Wildman–Crippen MR) is 105 cm³/mol. The molecular formula is C19H21N5OS. The van der Waals surface area contributed by atoms with E-state index in [9.17, 15) is 4.79 Å². The Morgan fingerprint density at radius 1 is 1.27 bits per heavy atom. The van der Waals surface area contributed by atoms with Crippen LogP contribution in [0.5, 0.6) is 0 Å². The molecule has 2 aromatic heterocycles. The van der Waals surface area contributed by atoms with Gasteiger partial charge in [-0.1, -0.05) is 0 Å². The van der Waals surface area contributed by atoms with Gasteiger partial charge in [-0.2, -0.15) is 0 Å². The average molecular weight is 367 g/mol. The highest BCUT2D eigenvalue weighted by Crippen LogP contribution is 2.28. The number of pyridine rings is 1. The zero-order valence-corrected chi connectivity index (χ0v) is 15.7. The number of thioether (sulfide) groups is 1. The second-order valence-corrected chi connectivity index (χ2v) is 7.35. The third-order valence-electron chi connectivity index (χ3n) is 4.84.